The third kappa shape index (κ3) is 3.01. The van der Waals surface area contributed by atoms with Crippen molar-refractivity contribution in [1.82, 2.24) is 15.3 Å². The zero-order valence-corrected chi connectivity index (χ0v) is 11.9. The van der Waals surface area contributed by atoms with Gasteiger partial charge in [-0.15, -0.1) is 0 Å². The van der Waals surface area contributed by atoms with Gasteiger partial charge < -0.3 is 10.3 Å². The average Bonchev–Trinajstić information content (AvgIpc) is 2.49. The Morgan fingerprint density at radius 1 is 1.14 bits per heavy atom. The second-order valence-electron chi connectivity index (χ2n) is 5.08. The van der Waals surface area contributed by atoms with E-state index >= 15 is 0 Å². The SMILES string of the molecule is Cc1cccnc1CNCc1cc2ccccc2[nH]c1=O. The molecule has 2 N–H and O–H groups in total. The number of pyridine rings is 2. The molecule has 2 heterocycles. The monoisotopic (exact) mass is 279 g/mol. The summed E-state index contributed by atoms with van der Waals surface area (Å²) in [6.07, 6.45) is 1.78. The molecule has 0 aliphatic rings. The minimum Gasteiger partial charge on any atom is -0.322 e. The molecule has 0 atom stereocenters. The van der Waals surface area contributed by atoms with Crippen LogP contribution in [0.4, 0.5) is 0 Å². The number of para-hydroxylation sites is 1. The molecule has 0 unspecified atom stereocenters. The molecule has 3 rings (SSSR count). The highest BCUT2D eigenvalue weighted by atomic mass is 16.1. The van der Waals surface area contributed by atoms with Gasteiger partial charge >= 0.3 is 0 Å². The van der Waals surface area contributed by atoms with Crippen LogP contribution < -0.4 is 10.9 Å². The van der Waals surface area contributed by atoms with Crippen LogP contribution in [0.15, 0.2) is 53.5 Å². The minimum atomic E-state index is -0.0426. The first-order valence-electron chi connectivity index (χ1n) is 6.96. The standard InChI is InChI=1S/C17H17N3O/c1-12-5-4-8-19-16(12)11-18-10-14-9-13-6-2-3-7-15(13)20-17(14)21/h2-9,18H,10-11H2,1H3,(H,20,21). The van der Waals surface area contributed by atoms with Crippen LogP contribution in [0.1, 0.15) is 16.8 Å². The smallest absolute Gasteiger partial charge is 0.252 e. The summed E-state index contributed by atoms with van der Waals surface area (Å²) in [6.45, 7) is 3.21. The zero-order chi connectivity index (χ0) is 14.7. The Morgan fingerprint density at radius 3 is 2.86 bits per heavy atom. The maximum absolute atomic E-state index is 12.0. The maximum atomic E-state index is 12.0. The molecule has 2 aromatic heterocycles. The number of hydrogen-bond acceptors (Lipinski definition) is 3. The fraction of sp³-hybridized carbons (Fsp3) is 0.176. The molecule has 1 aromatic carbocycles. The van der Waals surface area contributed by atoms with Gasteiger partial charge in [0.1, 0.15) is 0 Å². The number of hydrogen-bond donors (Lipinski definition) is 2. The van der Waals surface area contributed by atoms with Crippen molar-refractivity contribution in [2.24, 2.45) is 0 Å². The van der Waals surface area contributed by atoms with E-state index in [9.17, 15) is 4.79 Å². The van der Waals surface area contributed by atoms with E-state index in [0.717, 1.165) is 27.7 Å². The number of benzene rings is 1. The summed E-state index contributed by atoms with van der Waals surface area (Å²) < 4.78 is 0. The molecule has 21 heavy (non-hydrogen) atoms. The number of nitrogens with one attached hydrogen (secondary N) is 2. The lowest BCUT2D eigenvalue weighted by atomic mass is 10.1. The minimum absolute atomic E-state index is 0.0426. The van der Waals surface area contributed by atoms with Crippen molar-refractivity contribution in [3.05, 3.63) is 75.8 Å². The quantitative estimate of drug-likeness (QED) is 0.771. The Hall–Kier alpha value is -2.46. The van der Waals surface area contributed by atoms with Crippen LogP contribution in [0.5, 0.6) is 0 Å². The molecule has 4 nitrogen and oxygen atoms in total. The van der Waals surface area contributed by atoms with Gasteiger partial charge in [-0.25, -0.2) is 0 Å². The normalized spacial score (nSPS) is 10.9. The van der Waals surface area contributed by atoms with Crippen molar-refractivity contribution in [2.45, 2.75) is 20.0 Å². The molecule has 3 aromatic rings. The third-order valence-electron chi connectivity index (χ3n) is 3.56. The maximum Gasteiger partial charge on any atom is 0.252 e. The van der Waals surface area contributed by atoms with E-state index in [4.69, 9.17) is 0 Å². The largest absolute Gasteiger partial charge is 0.322 e. The van der Waals surface area contributed by atoms with Crippen molar-refractivity contribution in [1.29, 1.82) is 0 Å². The van der Waals surface area contributed by atoms with Crippen molar-refractivity contribution < 1.29 is 0 Å². The van der Waals surface area contributed by atoms with E-state index in [-0.39, 0.29) is 5.56 Å². The number of aromatic nitrogens is 2. The van der Waals surface area contributed by atoms with E-state index in [1.54, 1.807) is 6.20 Å². The molecule has 0 radical (unpaired) electrons. The summed E-state index contributed by atoms with van der Waals surface area (Å²) in [5.74, 6) is 0. The summed E-state index contributed by atoms with van der Waals surface area (Å²) in [4.78, 5) is 19.3. The molecule has 0 fully saturated rings. The Morgan fingerprint density at radius 2 is 2.00 bits per heavy atom. The fourth-order valence-electron chi connectivity index (χ4n) is 2.34. The van der Waals surface area contributed by atoms with E-state index in [1.807, 2.05) is 49.4 Å². The van der Waals surface area contributed by atoms with Gasteiger partial charge in [0.05, 0.1) is 5.69 Å². The highest BCUT2D eigenvalue weighted by Gasteiger charge is 2.03. The van der Waals surface area contributed by atoms with E-state index in [1.165, 1.54) is 0 Å². The molecular weight excluding hydrogens is 262 g/mol. The van der Waals surface area contributed by atoms with Crippen LogP contribution in [0.2, 0.25) is 0 Å². The van der Waals surface area contributed by atoms with Gasteiger partial charge in [0.15, 0.2) is 0 Å². The first kappa shape index (κ1) is 13.5. The van der Waals surface area contributed by atoms with Gasteiger partial charge in [0, 0.05) is 30.4 Å². The predicted octanol–water partition coefficient (Wildman–Crippen LogP) is 2.52. The fourth-order valence-corrected chi connectivity index (χ4v) is 2.34. The van der Waals surface area contributed by atoms with Crippen LogP contribution in [0.3, 0.4) is 0 Å². The lowest BCUT2D eigenvalue weighted by Gasteiger charge is -2.07. The predicted molar refractivity (Wildman–Crippen MR) is 84.1 cm³/mol. The van der Waals surface area contributed by atoms with E-state index in [2.05, 4.69) is 15.3 Å². The summed E-state index contributed by atoms with van der Waals surface area (Å²) in [5, 5.41) is 4.33. The van der Waals surface area contributed by atoms with Crippen molar-refractivity contribution in [3.8, 4) is 0 Å². The summed E-state index contributed by atoms with van der Waals surface area (Å²) in [5.41, 5.74) is 3.72. The molecule has 0 aliphatic carbocycles. The molecule has 0 saturated heterocycles. The zero-order valence-electron chi connectivity index (χ0n) is 11.9. The Balaban J connectivity index is 1.75. The van der Waals surface area contributed by atoms with Gasteiger partial charge in [-0.3, -0.25) is 9.78 Å². The van der Waals surface area contributed by atoms with Gasteiger partial charge in [0.25, 0.3) is 5.56 Å². The first-order chi connectivity index (χ1) is 10.2. The van der Waals surface area contributed by atoms with Gasteiger partial charge in [-0.2, -0.15) is 0 Å². The number of H-pyrrole nitrogens is 1. The number of aryl methyl sites for hydroxylation is 1. The summed E-state index contributed by atoms with van der Waals surface area (Å²) in [7, 11) is 0. The highest BCUT2D eigenvalue weighted by Crippen LogP contribution is 2.10. The van der Waals surface area contributed by atoms with Gasteiger partial charge in [0.2, 0.25) is 0 Å². The summed E-state index contributed by atoms with van der Waals surface area (Å²) in [6, 6.07) is 13.7. The van der Waals surface area contributed by atoms with Crippen LogP contribution >= 0.6 is 0 Å². The van der Waals surface area contributed by atoms with Crippen LogP contribution in [-0.2, 0) is 13.1 Å². The van der Waals surface area contributed by atoms with Crippen LogP contribution in [0, 0.1) is 6.92 Å². The molecular formula is C17H17N3O. The van der Waals surface area contributed by atoms with Crippen molar-refractivity contribution >= 4 is 10.9 Å². The molecule has 0 bridgehead atoms. The van der Waals surface area contributed by atoms with E-state index < -0.39 is 0 Å². The topological polar surface area (TPSA) is 57.8 Å². The molecule has 0 amide bonds. The number of fused-ring (bicyclic) bond motifs is 1. The number of nitrogens with zero attached hydrogens (tertiary/aromatic N) is 1. The molecule has 106 valence electrons. The second kappa shape index (κ2) is 5.89. The average molecular weight is 279 g/mol. The van der Waals surface area contributed by atoms with Crippen molar-refractivity contribution in [3.63, 3.8) is 0 Å². The second-order valence-corrected chi connectivity index (χ2v) is 5.08. The number of aromatic amines is 1. The molecule has 4 heteroatoms. The van der Waals surface area contributed by atoms with Gasteiger partial charge in [-0.1, -0.05) is 24.3 Å². The lowest BCUT2D eigenvalue weighted by molar-refractivity contribution is 0.672. The highest BCUT2D eigenvalue weighted by molar-refractivity contribution is 5.78. The molecule has 0 saturated carbocycles. The lowest BCUT2D eigenvalue weighted by Crippen LogP contribution is -2.21. The van der Waals surface area contributed by atoms with Gasteiger partial charge in [-0.05, 0) is 36.1 Å². The van der Waals surface area contributed by atoms with Crippen LogP contribution in [-0.4, -0.2) is 9.97 Å². The molecule has 0 spiro atoms. The Kier molecular flexibility index (Phi) is 3.79. The first-order valence-corrected chi connectivity index (χ1v) is 6.96. The Labute approximate surface area is 122 Å². The van der Waals surface area contributed by atoms with Crippen LogP contribution in [0.25, 0.3) is 10.9 Å². The molecule has 0 aliphatic heterocycles. The Bertz CT molecular complexity index is 823. The van der Waals surface area contributed by atoms with Crippen molar-refractivity contribution in [2.75, 3.05) is 0 Å². The third-order valence-corrected chi connectivity index (χ3v) is 3.56. The van der Waals surface area contributed by atoms with E-state index in [0.29, 0.717) is 13.1 Å². The summed E-state index contributed by atoms with van der Waals surface area (Å²) >= 11 is 0. The number of rotatable bonds is 4.